The Morgan fingerprint density at radius 3 is 2.89 bits per heavy atom. The highest BCUT2D eigenvalue weighted by atomic mass is 15.0. The van der Waals surface area contributed by atoms with E-state index in [-0.39, 0.29) is 5.54 Å². The molecule has 2 aliphatic rings. The molecule has 0 amide bonds. The summed E-state index contributed by atoms with van der Waals surface area (Å²) in [6.07, 6.45) is 6.29. The lowest BCUT2D eigenvalue weighted by molar-refractivity contribution is 0.286. The van der Waals surface area contributed by atoms with Crippen LogP contribution in [0.25, 0.3) is 0 Å². The summed E-state index contributed by atoms with van der Waals surface area (Å²) in [5.74, 6) is 0. The summed E-state index contributed by atoms with van der Waals surface area (Å²) >= 11 is 0. The summed E-state index contributed by atoms with van der Waals surface area (Å²) in [6, 6.07) is 7.56. The summed E-state index contributed by atoms with van der Waals surface area (Å²) < 4.78 is 0. The van der Waals surface area contributed by atoms with E-state index in [0.29, 0.717) is 6.04 Å². The van der Waals surface area contributed by atoms with Gasteiger partial charge in [0.15, 0.2) is 0 Å². The molecule has 0 aromatic heterocycles. The van der Waals surface area contributed by atoms with Crippen molar-refractivity contribution in [3.05, 3.63) is 29.3 Å². The van der Waals surface area contributed by atoms with Crippen LogP contribution >= 0.6 is 0 Å². The fourth-order valence-electron chi connectivity index (χ4n) is 3.40. The minimum atomic E-state index is 0.270. The number of nitrogens with one attached hydrogen (secondary N) is 2. The predicted molar refractivity (Wildman–Crippen MR) is 77.2 cm³/mol. The van der Waals surface area contributed by atoms with Gasteiger partial charge in [0.05, 0.1) is 0 Å². The smallest absolute Gasteiger partial charge is 0.0345 e. The van der Waals surface area contributed by atoms with Crippen molar-refractivity contribution >= 4 is 5.69 Å². The Hall–Kier alpha value is -1.02. The highest BCUT2D eigenvalue weighted by Crippen LogP contribution is 2.27. The number of hydrogen-bond acceptors (Lipinski definition) is 2. The van der Waals surface area contributed by atoms with Gasteiger partial charge in [-0.05, 0) is 75.8 Å². The van der Waals surface area contributed by atoms with E-state index in [1.165, 1.54) is 37.8 Å². The van der Waals surface area contributed by atoms with E-state index in [4.69, 9.17) is 0 Å². The monoisotopic (exact) mass is 244 g/mol. The Morgan fingerprint density at radius 1 is 1.22 bits per heavy atom. The third-order valence-corrected chi connectivity index (χ3v) is 4.32. The highest BCUT2D eigenvalue weighted by Gasteiger charge is 2.27. The molecule has 0 saturated carbocycles. The van der Waals surface area contributed by atoms with Crippen LogP contribution in [0.3, 0.4) is 0 Å². The van der Waals surface area contributed by atoms with E-state index < -0.39 is 0 Å². The fourth-order valence-corrected chi connectivity index (χ4v) is 3.40. The van der Waals surface area contributed by atoms with Crippen LogP contribution in [0.4, 0.5) is 5.69 Å². The lowest BCUT2D eigenvalue weighted by atomic mass is 9.89. The molecule has 1 aliphatic carbocycles. The van der Waals surface area contributed by atoms with Gasteiger partial charge >= 0.3 is 0 Å². The van der Waals surface area contributed by atoms with Crippen molar-refractivity contribution in [3.63, 3.8) is 0 Å². The maximum absolute atomic E-state index is 3.73. The first-order valence-electron chi connectivity index (χ1n) is 7.26. The topological polar surface area (TPSA) is 24.1 Å². The zero-order valence-electron chi connectivity index (χ0n) is 11.6. The highest BCUT2D eigenvalue weighted by molar-refractivity contribution is 5.50. The molecule has 0 bridgehead atoms. The third-order valence-electron chi connectivity index (χ3n) is 4.32. The molecule has 1 heterocycles. The minimum Gasteiger partial charge on any atom is -0.382 e. The Labute approximate surface area is 110 Å². The first-order chi connectivity index (χ1) is 8.62. The second-order valence-electron chi connectivity index (χ2n) is 6.48. The normalized spacial score (nSPS) is 25.8. The van der Waals surface area contributed by atoms with Crippen LogP contribution in [0.5, 0.6) is 0 Å². The molecule has 1 unspecified atom stereocenters. The van der Waals surface area contributed by atoms with E-state index in [2.05, 4.69) is 42.7 Å². The van der Waals surface area contributed by atoms with Gasteiger partial charge in [-0.25, -0.2) is 0 Å². The standard InChI is InChI=1S/C16H24N2/c1-16(2)11-15(8-9-17-16)18-14-7-6-12-4-3-5-13(12)10-14/h6-7,10,15,17-18H,3-5,8-9,11H2,1-2H3. The molecule has 1 saturated heterocycles. The van der Waals surface area contributed by atoms with Crippen molar-refractivity contribution in [1.82, 2.24) is 5.32 Å². The average molecular weight is 244 g/mol. The second kappa shape index (κ2) is 4.58. The van der Waals surface area contributed by atoms with Crippen LogP contribution < -0.4 is 10.6 Å². The first-order valence-corrected chi connectivity index (χ1v) is 7.26. The van der Waals surface area contributed by atoms with E-state index in [9.17, 15) is 0 Å². The fraction of sp³-hybridized carbons (Fsp3) is 0.625. The SMILES string of the molecule is CC1(C)CC(Nc2ccc3c(c2)CCC3)CCN1. The van der Waals surface area contributed by atoms with Gasteiger partial charge in [-0.3, -0.25) is 0 Å². The molecule has 0 spiro atoms. The van der Waals surface area contributed by atoms with Gasteiger partial charge in [0.25, 0.3) is 0 Å². The van der Waals surface area contributed by atoms with Gasteiger partial charge in [0.1, 0.15) is 0 Å². The number of benzene rings is 1. The Morgan fingerprint density at radius 2 is 2.06 bits per heavy atom. The zero-order valence-corrected chi connectivity index (χ0v) is 11.6. The first kappa shape index (κ1) is 12.0. The molecule has 1 fully saturated rings. The third kappa shape index (κ3) is 2.54. The number of aryl methyl sites for hydroxylation is 2. The van der Waals surface area contributed by atoms with Gasteiger partial charge in [0, 0.05) is 17.3 Å². The van der Waals surface area contributed by atoms with E-state index in [1.54, 1.807) is 11.1 Å². The van der Waals surface area contributed by atoms with Gasteiger partial charge in [-0.2, -0.15) is 0 Å². The molecule has 2 heteroatoms. The molecule has 3 rings (SSSR count). The molecule has 0 radical (unpaired) electrons. The molecule has 98 valence electrons. The van der Waals surface area contributed by atoms with Gasteiger partial charge in [-0.1, -0.05) is 6.07 Å². The molecule has 1 atom stereocenters. The molecular weight excluding hydrogens is 220 g/mol. The quantitative estimate of drug-likeness (QED) is 0.835. The summed E-state index contributed by atoms with van der Waals surface area (Å²) in [4.78, 5) is 0. The van der Waals surface area contributed by atoms with Crippen LogP contribution in [-0.4, -0.2) is 18.1 Å². The Kier molecular flexibility index (Phi) is 3.06. The van der Waals surface area contributed by atoms with Crippen molar-refractivity contribution in [2.45, 2.75) is 57.5 Å². The minimum absolute atomic E-state index is 0.270. The van der Waals surface area contributed by atoms with Crippen LogP contribution in [0.2, 0.25) is 0 Å². The van der Waals surface area contributed by atoms with Crippen LogP contribution in [0.15, 0.2) is 18.2 Å². The molecule has 2 N–H and O–H groups in total. The lowest BCUT2D eigenvalue weighted by Gasteiger charge is -2.37. The van der Waals surface area contributed by atoms with Crippen molar-refractivity contribution in [1.29, 1.82) is 0 Å². The molecule has 1 aliphatic heterocycles. The zero-order chi connectivity index (χ0) is 12.6. The number of hydrogen-bond donors (Lipinski definition) is 2. The average Bonchev–Trinajstić information content (AvgIpc) is 2.74. The largest absolute Gasteiger partial charge is 0.382 e. The van der Waals surface area contributed by atoms with Crippen molar-refractivity contribution < 1.29 is 0 Å². The Bertz CT molecular complexity index is 437. The summed E-state index contributed by atoms with van der Waals surface area (Å²) in [7, 11) is 0. The summed E-state index contributed by atoms with van der Waals surface area (Å²) in [5, 5.41) is 7.30. The lowest BCUT2D eigenvalue weighted by Crippen LogP contribution is -2.50. The summed E-state index contributed by atoms with van der Waals surface area (Å²) in [6.45, 7) is 5.71. The maximum atomic E-state index is 3.73. The van der Waals surface area contributed by atoms with Crippen LogP contribution in [0, 0.1) is 0 Å². The second-order valence-corrected chi connectivity index (χ2v) is 6.48. The van der Waals surface area contributed by atoms with Gasteiger partial charge in [0.2, 0.25) is 0 Å². The molecular formula is C16H24N2. The number of piperidine rings is 1. The molecule has 1 aromatic carbocycles. The van der Waals surface area contributed by atoms with Crippen LogP contribution in [-0.2, 0) is 12.8 Å². The van der Waals surface area contributed by atoms with Crippen LogP contribution in [0.1, 0.15) is 44.2 Å². The molecule has 1 aromatic rings. The van der Waals surface area contributed by atoms with Crippen molar-refractivity contribution in [3.8, 4) is 0 Å². The van der Waals surface area contributed by atoms with Gasteiger partial charge in [-0.15, -0.1) is 0 Å². The molecule has 18 heavy (non-hydrogen) atoms. The van der Waals surface area contributed by atoms with E-state index in [0.717, 1.165) is 6.54 Å². The Balaban J connectivity index is 1.69. The van der Waals surface area contributed by atoms with E-state index >= 15 is 0 Å². The summed E-state index contributed by atoms with van der Waals surface area (Å²) in [5.41, 5.74) is 4.71. The van der Waals surface area contributed by atoms with Crippen molar-refractivity contribution in [2.24, 2.45) is 0 Å². The number of anilines is 1. The molecule has 2 nitrogen and oxygen atoms in total. The number of rotatable bonds is 2. The van der Waals surface area contributed by atoms with E-state index in [1.807, 2.05) is 0 Å². The van der Waals surface area contributed by atoms with Crippen molar-refractivity contribution in [2.75, 3.05) is 11.9 Å². The number of fused-ring (bicyclic) bond motifs is 1. The maximum Gasteiger partial charge on any atom is 0.0345 e. The van der Waals surface area contributed by atoms with Gasteiger partial charge < -0.3 is 10.6 Å². The predicted octanol–water partition coefficient (Wildman–Crippen LogP) is 3.12.